The first-order chi connectivity index (χ1) is 15.3. The van der Waals surface area contributed by atoms with E-state index in [-0.39, 0.29) is 0 Å². The Hall–Kier alpha value is -0.780. The molecule has 1 aromatic rings. The highest BCUT2D eigenvalue weighted by atomic mass is 14.1. The molecule has 0 aliphatic rings. The van der Waals surface area contributed by atoms with Gasteiger partial charge < -0.3 is 0 Å². The Morgan fingerprint density at radius 1 is 0.452 bits per heavy atom. The molecule has 0 aliphatic heterocycles. The standard InChI is InChI=1S/C31H56/c1-3-4-5-6-7-8-9-10-11-12-13-14-15-16-17-18-19-20-21-22-24-27-30(2)31-28-25-23-26-29-31/h23,25-26,28-30H,3-22,24,27H2,1-2H3. The number of benzene rings is 1. The molecule has 1 atom stereocenters. The Balaban J connectivity index is 1.70. The van der Waals surface area contributed by atoms with Gasteiger partial charge in [-0.15, -0.1) is 0 Å². The molecule has 0 nitrogen and oxygen atoms in total. The van der Waals surface area contributed by atoms with E-state index in [1.165, 1.54) is 147 Å². The second kappa shape index (κ2) is 22.4. The molecule has 1 rings (SSSR count). The minimum atomic E-state index is 0.724. The fraction of sp³-hybridized carbons (Fsp3) is 0.806. The van der Waals surface area contributed by atoms with Gasteiger partial charge in [0.1, 0.15) is 0 Å². The molecular formula is C31H56. The van der Waals surface area contributed by atoms with Crippen molar-refractivity contribution in [2.24, 2.45) is 0 Å². The van der Waals surface area contributed by atoms with Gasteiger partial charge in [-0.2, -0.15) is 0 Å². The van der Waals surface area contributed by atoms with Crippen molar-refractivity contribution in [3.05, 3.63) is 35.9 Å². The van der Waals surface area contributed by atoms with Crippen LogP contribution in [0.4, 0.5) is 0 Å². The van der Waals surface area contributed by atoms with E-state index < -0.39 is 0 Å². The Labute approximate surface area is 197 Å². The lowest BCUT2D eigenvalue weighted by molar-refractivity contribution is 0.515. The number of rotatable bonds is 23. The SMILES string of the molecule is CCCCCCCCCCCCCCCCCCCCCCCC(C)c1ccccc1. The van der Waals surface area contributed by atoms with E-state index in [0.717, 1.165) is 5.92 Å². The lowest BCUT2D eigenvalue weighted by atomic mass is 9.95. The van der Waals surface area contributed by atoms with Crippen LogP contribution >= 0.6 is 0 Å². The highest BCUT2D eigenvalue weighted by molar-refractivity contribution is 5.18. The maximum atomic E-state index is 2.38. The monoisotopic (exact) mass is 428 g/mol. The van der Waals surface area contributed by atoms with E-state index in [0.29, 0.717) is 0 Å². The van der Waals surface area contributed by atoms with E-state index >= 15 is 0 Å². The summed E-state index contributed by atoms with van der Waals surface area (Å²) < 4.78 is 0. The van der Waals surface area contributed by atoms with Crippen LogP contribution in [0.15, 0.2) is 30.3 Å². The highest BCUT2D eigenvalue weighted by Gasteiger charge is 2.04. The van der Waals surface area contributed by atoms with Crippen LogP contribution in [0.1, 0.15) is 167 Å². The van der Waals surface area contributed by atoms with E-state index in [9.17, 15) is 0 Å². The Kier molecular flexibility index (Phi) is 20.4. The quantitative estimate of drug-likeness (QED) is 0.152. The fourth-order valence-corrected chi connectivity index (χ4v) is 4.83. The largest absolute Gasteiger partial charge is 0.0654 e. The maximum Gasteiger partial charge on any atom is -0.0190 e. The molecule has 0 radical (unpaired) electrons. The number of hydrogen-bond acceptors (Lipinski definition) is 0. The van der Waals surface area contributed by atoms with Gasteiger partial charge in [0, 0.05) is 0 Å². The summed E-state index contributed by atoms with van der Waals surface area (Å²) in [5, 5.41) is 0. The Bertz CT molecular complexity index is 448. The van der Waals surface area contributed by atoms with Crippen molar-refractivity contribution >= 4 is 0 Å². The summed E-state index contributed by atoms with van der Waals surface area (Å²) in [6.07, 6.45) is 32.1. The minimum absolute atomic E-state index is 0.724. The number of unbranched alkanes of at least 4 members (excludes halogenated alkanes) is 20. The van der Waals surface area contributed by atoms with Gasteiger partial charge in [0.25, 0.3) is 0 Å². The van der Waals surface area contributed by atoms with E-state index in [2.05, 4.69) is 44.2 Å². The fourth-order valence-electron chi connectivity index (χ4n) is 4.83. The van der Waals surface area contributed by atoms with Crippen LogP contribution in [-0.4, -0.2) is 0 Å². The van der Waals surface area contributed by atoms with Crippen molar-refractivity contribution in [2.75, 3.05) is 0 Å². The van der Waals surface area contributed by atoms with Gasteiger partial charge in [0.05, 0.1) is 0 Å². The summed E-state index contributed by atoms with van der Waals surface area (Å²) in [6, 6.07) is 11.0. The lowest BCUT2D eigenvalue weighted by Crippen LogP contribution is -1.93. The molecule has 180 valence electrons. The molecule has 0 spiro atoms. The zero-order valence-electron chi connectivity index (χ0n) is 21.5. The molecule has 0 aliphatic carbocycles. The van der Waals surface area contributed by atoms with Crippen LogP contribution in [0.5, 0.6) is 0 Å². The average Bonchev–Trinajstić information content (AvgIpc) is 2.80. The van der Waals surface area contributed by atoms with Gasteiger partial charge >= 0.3 is 0 Å². The molecule has 0 saturated heterocycles. The molecule has 1 aromatic carbocycles. The molecular weight excluding hydrogens is 372 g/mol. The molecule has 0 amide bonds. The van der Waals surface area contributed by atoms with Gasteiger partial charge in [-0.05, 0) is 17.9 Å². The summed E-state index contributed by atoms with van der Waals surface area (Å²) in [4.78, 5) is 0. The highest BCUT2D eigenvalue weighted by Crippen LogP contribution is 2.22. The molecule has 0 aromatic heterocycles. The average molecular weight is 429 g/mol. The molecule has 0 saturated carbocycles. The van der Waals surface area contributed by atoms with Crippen molar-refractivity contribution in [2.45, 2.75) is 161 Å². The molecule has 31 heavy (non-hydrogen) atoms. The predicted octanol–water partition coefficient (Wildman–Crippen LogP) is 11.4. The maximum absolute atomic E-state index is 2.38. The smallest absolute Gasteiger partial charge is 0.0190 e. The summed E-state index contributed by atoms with van der Waals surface area (Å²) >= 11 is 0. The third-order valence-electron chi connectivity index (χ3n) is 7.11. The van der Waals surface area contributed by atoms with E-state index in [1.807, 2.05) is 0 Å². The third kappa shape index (κ3) is 18.5. The molecule has 0 heteroatoms. The lowest BCUT2D eigenvalue weighted by Gasteiger charge is -2.11. The van der Waals surface area contributed by atoms with Crippen LogP contribution in [0.3, 0.4) is 0 Å². The number of hydrogen-bond donors (Lipinski definition) is 0. The van der Waals surface area contributed by atoms with E-state index in [1.54, 1.807) is 0 Å². The third-order valence-corrected chi connectivity index (χ3v) is 7.11. The van der Waals surface area contributed by atoms with Crippen molar-refractivity contribution in [1.82, 2.24) is 0 Å². The topological polar surface area (TPSA) is 0 Å². The second-order valence-electron chi connectivity index (χ2n) is 10.2. The van der Waals surface area contributed by atoms with Gasteiger partial charge in [-0.3, -0.25) is 0 Å². The summed E-state index contributed by atoms with van der Waals surface area (Å²) in [5.74, 6) is 0.724. The van der Waals surface area contributed by atoms with Crippen LogP contribution in [-0.2, 0) is 0 Å². The zero-order valence-corrected chi connectivity index (χ0v) is 21.5. The molecule has 0 fully saturated rings. The van der Waals surface area contributed by atoms with Gasteiger partial charge in [-0.25, -0.2) is 0 Å². The van der Waals surface area contributed by atoms with Crippen LogP contribution in [0, 0.1) is 0 Å². The summed E-state index contributed by atoms with van der Waals surface area (Å²) in [6.45, 7) is 4.68. The Morgan fingerprint density at radius 3 is 1.13 bits per heavy atom. The molecule has 0 bridgehead atoms. The van der Waals surface area contributed by atoms with Crippen LogP contribution in [0.2, 0.25) is 0 Å². The van der Waals surface area contributed by atoms with Gasteiger partial charge in [0.15, 0.2) is 0 Å². The van der Waals surface area contributed by atoms with Crippen molar-refractivity contribution in [1.29, 1.82) is 0 Å². The van der Waals surface area contributed by atoms with Crippen LogP contribution < -0.4 is 0 Å². The molecule has 0 heterocycles. The Morgan fingerprint density at radius 2 is 0.774 bits per heavy atom. The van der Waals surface area contributed by atoms with Crippen molar-refractivity contribution in [3.63, 3.8) is 0 Å². The summed E-state index contributed by atoms with van der Waals surface area (Å²) in [5.41, 5.74) is 1.51. The normalized spacial score (nSPS) is 12.3. The first-order valence-corrected chi connectivity index (χ1v) is 14.4. The first kappa shape index (κ1) is 28.3. The van der Waals surface area contributed by atoms with Gasteiger partial charge in [-0.1, -0.05) is 179 Å². The molecule has 0 N–H and O–H groups in total. The molecule has 1 unspecified atom stereocenters. The van der Waals surface area contributed by atoms with Crippen molar-refractivity contribution < 1.29 is 0 Å². The predicted molar refractivity (Wildman–Crippen MR) is 142 cm³/mol. The van der Waals surface area contributed by atoms with Crippen molar-refractivity contribution in [3.8, 4) is 0 Å². The van der Waals surface area contributed by atoms with Crippen LogP contribution in [0.25, 0.3) is 0 Å². The van der Waals surface area contributed by atoms with E-state index in [4.69, 9.17) is 0 Å². The zero-order chi connectivity index (χ0) is 22.2. The first-order valence-electron chi connectivity index (χ1n) is 14.4. The minimum Gasteiger partial charge on any atom is -0.0654 e. The summed E-state index contributed by atoms with van der Waals surface area (Å²) in [7, 11) is 0. The van der Waals surface area contributed by atoms with Gasteiger partial charge in [0.2, 0.25) is 0 Å². The second-order valence-corrected chi connectivity index (χ2v) is 10.2.